The van der Waals surface area contributed by atoms with Crippen LogP contribution in [0.2, 0.25) is 0 Å². The summed E-state index contributed by atoms with van der Waals surface area (Å²) in [7, 11) is 0. The molecule has 110 valence electrons. The molecular weight excluding hydrogens is 248 g/mol. The van der Waals surface area contributed by atoms with E-state index in [2.05, 4.69) is 37.4 Å². The number of benzene rings is 1. The van der Waals surface area contributed by atoms with Crippen LogP contribution in [-0.4, -0.2) is 18.5 Å². The molecule has 0 aromatic heterocycles. The van der Waals surface area contributed by atoms with Gasteiger partial charge in [0, 0.05) is 12.6 Å². The molecule has 3 N–H and O–H groups in total. The molecule has 1 aliphatic rings. The van der Waals surface area contributed by atoms with Gasteiger partial charge in [-0.2, -0.15) is 0 Å². The van der Waals surface area contributed by atoms with E-state index in [0.29, 0.717) is 6.54 Å². The molecule has 1 aliphatic carbocycles. The van der Waals surface area contributed by atoms with Gasteiger partial charge in [-0.05, 0) is 44.2 Å². The van der Waals surface area contributed by atoms with Crippen molar-refractivity contribution in [3.8, 4) is 0 Å². The summed E-state index contributed by atoms with van der Waals surface area (Å²) < 4.78 is 0. The van der Waals surface area contributed by atoms with E-state index in [9.17, 15) is 4.79 Å². The Hall–Kier alpha value is -1.35. The third kappa shape index (κ3) is 3.21. The summed E-state index contributed by atoms with van der Waals surface area (Å²) in [6.07, 6.45) is 4.99. The number of carbonyl (C=O) groups excluding carboxylic acids is 1. The lowest BCUT2D eigenvalue weighted by molar-refractivity contribution is -0.130. The maximum absolute atomic E-state index is 12.5. The van der Waals surface area contributed by atoms with Crippen LogP contribution < -0.4 is 11.1 Å². The number of nitrogens with one attached hydrogen (secondary N) is 1. The maximum atomic E-state index is 12.5. The molecule has 2 rings (SSSR count). The fourth-order valence-corrected chi connectivity index (χ4v) is 3.17. The highest BCUT2D eigenvalue weighted by Crippen LogP contribution is 2.37. The Morgan fingerprint density at radius 2 is 2.00 bits per heavy atom. The zero-order chi connectivity index (χ0) is 14.6. The zero-order valence-corrected chi connectivity index (χ0v) is 12.6. The van der Waals surface area contributed by atoms with Gasteiger partial charge in [0.25, 0.3) is 0 Å². The Bertz CT molecular complexity index is 464. The summed E-state index contributed by atoms with van der Waals surface area (Å²) in [5.74, 6) is 0.151. The van der Waals surface area contributed by atoms with Gasteiger partial charge >= 0.3 is 0 Å². The minimum atomic E-state index is -0.306. The van der Waals surface area contributed by atoms with Crippen molar-refractivity contribution in [3.63, 3.8) is 0 Å². The standard InChI is InChI=1S/C17H26N2O/c1-13-7-3-4-8-15(13)11-14(2)19-16(20)17(12-18)9-5-6-10-17/h3-4,7-8,14H,5-6,9-12,18H2,1-2H3,(H,19,20). The summed E-state index contributed by atoms with van der Waals surface area (Å²) >= 11 is 0. The molecule has 1 unspecified atom stereocenters. The molecule has 3 heteroatoms. The first-order chi connectivity index (χ1) is 9.57. The highest BCUT2D eigenvalue weighted by molar-refractivity contribution is 5.83. The van der Waals surface area contributed by atoms with Crippen LogP contribution in [0.25, 0.3) is 0 Å². The van der Waals surface area contributed by atoms with E-state index in [0.717, 1.165) is 32.1 Å². The summed E-state index contributed by atoms with van der Waals surface area (Å²) in [5.41, 5.74) is 8.14. The van der Waals surface area contributed by atoms with Crippen LogP contribution in [0.5, 0.6) is 0 Å². The molecule has 1 atom stereocenters. The molecule has 1 amide bonds. The molecule has 0 bridgehead atoms. The van der Waals surface area contributed by atoms with E-state index in [1.807, 2.05) is 6.07 Å². The van der Waals surface area contributed by atoms with Gasteiger partial charge in [0.1, 0.15) is 0 Å². The highest BCUT2D eigenvalue weighted by atomic mass is 16.2. The van der Waals surface area contributed by atoms with Crippen LogP contribution in [0.15, 0.2) is 24.3 Å². The van der Waals surface area contributed by atoms with Gasteiger partial charge in [-0.3, -0.25) is 4.79 Å². The molecule has 1 fully saturated rings. The Kier molecular flexibility index (Phi) is 4.81. The molecule has 0 heterocycles. The molecule has 0 aliphatic heterocycles. The molecular formula is C17H26N2O. The molecule has 3 nitrogen and oxygen atoms in total. The van der Waals surface area contributed by atoms with Crippen LogP contribution in [0, 0.1) is 12.3 Å². The Labute approximate surface area is 121 Å². The van der Waals surface area contributed by atoms with Crippen LogP contribution in [0.1, 0.15) is 43.7 Å². The van der Waals surface area contributed by atoms with Crippen molar-refractivity contribution in [2.45, 2.75) is 52.0 Å². The lowest BCUT2D eigenvalue weighted by Gasteiger charge is -2.28. The van der Waals surface area contributed by atoms with Gasteiger partial charge in [-0.15, -0.1) is 0 Å². The summed E-state index contributed by atoms with van der Waals surface area (Å²) in [5, 5.41) is 3.17. The second-order valence-corrected chi connectivity index (χ2v) is 6.20. The normalized spacial score (nSPS) is 18.8. The van der Waals surface area contributed by atoms with Crippen molar-refractivity contribution < 1.29 is 4.79 Å². The summed E-state index contributed by atoms with van der Waals surface area (Å²) in [6.45, 7) is 4.65. The van der Waals surface area contributed by atoms with Crippen LogP contribution in [-0.2, 0) is 11.2 Å². The van der Waals surface area contributed by atoms with Crippen molar-refractivity contribution in [2.75, 3.05) is 6.54 Å². The average molecular weight is 274 g/mol. The second-order valence-electron chi connectivity index (χ2n) is 6.20. The van der Waals surface area contributed by atoms with E-state index in [-0.39, 0.29) is 17.4 Å². The molecule has 1 saturated carbocycles. The van der Waals surface area contributed by atoms with E-state index >= 15 is 0 Å². The SMILES string of the molecule is Cc1ccccc1CC(C)NC(=O)C1(CN)CCCC1. The fraction of sp³-hybridized carbons (Fsp3) is 0.588. The third-order valence-electron chi connectivity index (χ3n) is 4.60. The minimum absolute atomic E-state index is 0.146. The van der Waals surface area contributed by atoms with Gasteiger partial charge in [0.2, 0.25) is 5.91 Å². The number of hydrogen-bond acceptors (Lipinski definition) is 2. The van der Waals surface area contributed by atoms with Gasteiger partial charge in [0.15, 0.2) is 0 Å². The van der Waals surface area contributed by atoms with Gasteiger partial charge in [-0.25, -0.2) is 0 Å². The van der Waals surface area contributed by atoms with Crippen molar-refractivity contribution in [1.29, 1.82) is 0 Å². The van der Waals surface area contributed by atoms with Gasteiger partial charge in [0.05, 0.1) is 5.41 Å². The van der Waals surface area contributed by atoms with Crippen molar-refractivity contribution in [2.24, 2.45) is 11.1 Å². The highest BCUT2D eigenvalue weighted by Gasteiger charge is 2.40. The summed E-state index contributed by atoms with van der Waals surface area (Å²) in [4.78, 5) is 12.5. The molecule has 20 heavy (non-hydrogen) atoms. The predicted molar refractivity (Wildman–Crippen MR) is 82.4 cm³/mol. The van der Waals surface area contributed by atoms with Crippen LogP contribution in [0.3, 0.4) is 0 Å². The first-order valence-corrected chi connectivity index (χ1v) is 7.63. The Morgan fingerprint density at radius 3 is 2.60 bits per heavy atom. The van der Waals surface area contributed by atoms with Crippen molar-refractivity contribution >= 4 is 5.91 Å². The fourth-order valence-electron chi connectivity index (χ4n) is 3.17. The predicted octanol–water partition coefficient (Wildman–Crippen LogP) is 2.56. The topological polar surface area (TPSA) is 55.1 Å². The third-order valence-corrected chi connectivity index (χ3v) is 4.60. The second kappa shape index (κ2) is 6.40. The van der Waals surface area contributed by atoms with Crippen LogP contribution >= 0.6 is 0 Å². The Balaban J connectivity index is 1.96. The largest absolute Gasteiger partial charge is 0.353 e. The van der Waals surface area contributed by atoms with E-state index in [1.54, 1.807) is 0 Å². The number of nitrogens with two attached hydrogens (primary N) is 1. The number of amides is 1. The number of aryl methyl sites for hydroxylation is 1. The van der Waals surface area contributed by atoms with E-state index < -0.39 is 0 Å². The minimum Gasteiger partial charge on any atom is -0.353 e. The monoisotopic (exact) mass is 274 g/mol. The molecule has 0 radical (unpaired) electrons. The van der Waals surface area contributed by atoms with Crippen LogP contribution in [0.4, 0.5) is 0 Å². The average Bonchev–Trinajstić information content (AvgIpc) is 2.91. The number of hydrogen-bond donors (Lipinski definition) is 2. The number of carbonyl (C=O) groups is 1. The number of rotatable bonds is 5. The van der Waals surface area contributed by atoms with Crippen molar-refractivity contribution in [3.05, 3.63) is 35.4 Å². The summed E-state index contributed by atoms with van der Waals surface area (Å²) in [6, 6.07) is 8.49. The first-order valence-electron chi connectivity index (χ1n) is 7.63. The molecule has 1 aromatic carbocycles. The van der Waals surface area contributed by atoms with Gasteiger partial charge in [-0.1, -0.05) is 37.1 Å². The molecule has 1 aromatic rings. The quantitative estimate of drug-likeness (QED) is 0.867. The molecule has 0 spiro atoms. The smallest absolute Gasteiger partial charge is 0.227 e. The van der Waals surface area contributed by atoms with E-state index in [4.69, 9.17) is 5.73 Å². The van der Waals surface area contributed by atoms with Gasteiger partial charge < -0.3 is 11.1 Å². The van der Waals surface area contributed by atoms with E-state index in [1.165, 1.54) is 11.1 Å². The lowest BCUT2D eigenvalue weighted by atomic mass is 9.85. The van der Waals surface area contributed by atoms with Crippen molar-refractivity contribution in [1.82, 2.24) is 5.32 Å². The molecule has 0 saturated heterocycles. The Morgan fingerprint density at radius 1 is 1.35 bits per heavy atom. The first kappa shape index (κ1) is 15.0. The maximum Gasteiger partial charge on any atom is 0.227 e. The lowest BCUT2D eigenvalue weighted by Crippen LogP contribution is -2.47. The zero-order valence-electron chi connectivity index (χ0n) is 12.6.